The second-order valence-electron chi connectivity index (χ2n) is 4.07. The van der Waals surface area contributed by atoms with Gasteiger partial charge in [-0.25, -0.2) is 4.98 Å². The number of carbonyl (C=O) groups is 1. The van der Waals surface area contributed by atoms with Crippen LogP contribution in [0.3, 0.4) is 0 Å². The van der Waals surface area contributed by atoms with Crippen LogP contribution in [0.5, 0.6) is 0 Å². The van der Waals surface area contributed by atoms with Gasteiger partial charge in [0.25, 0.3) is 0 Å². The monoisotopic (exact) mass is 254 g/mol. The molecule has 2 N–H and O–H groups in total. The van der Waals surface area contributed by atoms with Crippen molar-refractivity contribution >= 4 is 23.1 Å². The van der Waals surface area contributed by atoms with E-state index in [9.17, 15) is 4.79 Å². The number of likely N-dealkylation sites (N-methyl/N-ethyl adjacent to an activating group) is 1. The Hall–Kier alpha value is -1.43. The van der Waals surface area contributed by atoms with Gasteiger partial charge in [0, 0.05) is 25.7 Å². The first-order chi connectivity index (χ1) is 7.91. The number of nitrogens with zero attached hydrogens (tertiary/aromatic N) is 3. The molecule has 0 unspecified atom stereocenters. The molecule has 0 fully saturated rings. The Labute approximate surface area is 107 Å². The van der Waals surface area contributed by atoms with Gasteiger partial charge >= 0.3 is 0 Å². The van der Waals surface area contributed by atoms with Crippen molar-refractivity contribution in [1.82, 2.24) is 14.5 Å². The molecule has 1 rings (SSSR count). The molecule has 0 radical (unpaired) electrons. The molecule has 0 saturated carbocycles. The lowest BCUT2D eigenvalue weighted by Crippen LogP contribution is -2.32. The van der Waals surface area contributed by atoms with E-state index in [0.29, 0.717) is 24.5 Å². The number of hydrogen-bond acceptors (Lipinski definition) is 3. The van der Waals surface area contributed by atoms with Crippen molar-refractivity contribution in [1.29, 1.82) is 0 Å². The Kier molecular flexibility index (Phi) is 4.62. The maximum absolute atomic E-state index is 11.9. The molecule has 1 aromatic rings. The predicted octanol–water partition coefficient (Wildman–Crippen LogP) is 0.635. The van der Waals surface area contributed by atoms with Crippen molar-refractivity contribution in [3.05, 3.63) is 17.7 Å². The maximum Gasteiger partial charge on any atom is 0.242 e. The number of aryl methyl sites for hydroxylation is 1. The fraction of sp³-hybridized carbons (Fsp3) is 0.545. The molecular formula is C11H18N4OS. The summed E-state index contributed by atoms with van der Waals surface area (Å²) in [6.45, 7) is 4.74. The van der Waals surface area contributed by atoms with Crippen molar-refractivity contribution < 1.29 is 4.79 Å². The highest BCUT2D eigenvalue weighted by molar-refractivity contribution is 7.80. The van der Waals surface area contributed by atoms with E-state index in [1.54, 1.807) is 18.3 Å². The van der Waals surface area contributed by atoms with E-state index in [0.717, 1.165) is 11.4 Å². The fourth-order valence-corrected chi connectivity index (χ4v) is 1.46. The summed E-state index contributed by atoms with van der Waals surface area (Å²) in [5, 5.41) is 0. The van der Waals surface area contributed by atoms with Crippen LogP contribution in [0.4, 0.5) is 0 Å². The van der Waals surface area contributed by atoms with Crippen molar-refractivity contribution in [2.75, 3.05) is 13.6 Å². The van der Waals surface area contributed by atoms with Gasteiger partial charge in [0.05, 0.1) is 17.0 Å². The van der Waals surface area contributed by atoms with Gasteiger partial charge < -0.3 is 15.2 Å². The first-order valence-corrected chi connectivity index (χ1v) is 5.83. The van der Waals surface area contributed by atoms with Crippen LogP contribution in [-0.4, -0.2) is 38.9 Å². The van der Waals surface area contributed by atoms with Crippen LogP contribution >= 0.6 is 12.2 Å². The van der Waals surface area contributed by atoms with E-state index in [-0.39, 0.29) is 5.91 Å². The second kappa shape index (κ2) is 5.77. The Morgan fingerprint density at radius 1 is 1.59 bits per heavy atom. The van der Waals surface area contributed by atoms with Crippen LogP contribution in [0.1, 0.15) is 17.8 Å². The van der Waals surface area contributed by atoms with E-state index in [1.165, 1.54) is 0 Å². The van der Waals surface area contributed by atoms with Gasteiger partial charge in [0.15, 0.2) is 0 Å². The topological polar surface area (TPSA) is 64.2 Å². The predicted molar refractivity (Wildman–Crippen MR) is 70.7 cm³/mol. The molecule has 0 aliphatic heterocycles. The van der Waals surface area contributed by atoms with Crippen molar-refractivity contribution in [2.24, 2.45) is 5.73 Å². The third kappa shape index (κ3) is 3.81. The van der Waals surface area contributed by atoms with E-state index in [2.05, 4.69) is 4.98 Å². The number of carbonyl (C=O) groups excluding carboxylic acids is 1. The first-order valence-electron chi connectivity index (χ1n) is 5.42. The average Bonchev–Trinajstić information content (AvgIpc) is 2.57. The zero-order chi connectivity index (χ0) is 13.0. The minimum atomic E-state index is 0.0294. The second-order valence-corrected chi connectivity index (χ2v) is 4.60. The van der Waals surface area contributed by atoms with E-state index >= 15 is 0 Å². The van der Waals surface area contributed by atoms with Crippen LogP contribution in [0.2, 0.25) is 0 Å². The summed E-state index contributed by atoms with van der Waals surface area (Å²) >= 11 is 4.78. The normalized spacial score (nSPS) is 10.3. The first kappa shape index (κ1) is 13.6. The Balaban J connectivity index is 2.54. The number of imidazole rings is 1. The standard InChI is InChI=1S/C11H18N4OS/c1-8-9(2)15(7-13-8)6-11(16)14(3)5-4-10(12)17/h7H,4-6H2,1-3H3,(H2,12,17). The van der Waals surface area contributed by atoms with Gasteiger partial charge in [0.2, 0.25) is 5.91 Å². The third-order valence-corrected chi connectivity index (χ3v) is 2.97. The zero-order valence-electron chi connectivity index (χ0n) is 10.4. The molecule has 1 amide bonds. The third-order valence-electron chi connectivity index (χ3n) is 2.77. The summed E-state index contributed by atoms with van der Waals surface area (Å²) in [7, 11) is 1.75. The number of thiocarbonyl (C=S) groups is 1. The fourth-order valence-electron chi connectivity index (χ4n) is 1.37. The molecule has 94 valence electrons. The summed E-state index contributed by atoms with van der Waals surface area (Å²) in [6.07, 6.45) is 2.24. The van der Waals surface area contributed by atoms with Crippen LogP contribution in [0.25, 0.3) is 0 Å². The Bertz CT molecular complexity index is 427. The van der Waals surface area contributed by atoms with E-state index < -0.39 is 0 Å². The summed E-state index contributed by atoms with van der Waals surface area (Å²) in [6, 6.07) is 0. The van der Waals surface area contributed by atoms with Crippen LogP contribution in [0, 0.1) is 13.8 Å². The molecule has 0 saturated heterocycles. The smallest absolute Gasteiger partial charge is 0.242 e. The quantitative estimate of drug-likeness (QED) is 0.783. The number of nitrogens with two attached hydrogens (primary N) is 1. The van der Waals surface area contributed by atoms with Gasteiger partial charge in [0.1, 0.15) is 6.54 Å². The van der Waals surface area contributed by atoms with Crippen LogP contribution in [0.15, 0.2) is 6.33 Å². The molecule has 0 spiro atoms. The van der Waals surface area contributed by atoms with E-state index in [4.69, 9.17) is 18.0 Å². The molecule has 17 heavy (non-hydrogen) atoms. The molecule has 0 atom stereocenters. The zero-order valence-corrected chi connectivity index (χ0v) is 11.3. The van der Waals surface area contributed by atoms with Gasteiger partial charge in [-0.05, 0) is 13.8 Å². The lowest BCUT2D eigenvalue weighted by atomic mass is 10.3. The van der Waals surface area contributed by atoms with Gasteiger partial charge in [-0.2, -0.15) is 0 Å². The molecule has 5 nitrogen and oxygen atoms in total. The molecule has 0 aliphatic carbocycles. The number of amides is 1. The van der Waals surface area contributed by atoms with Gasteiger partial charge in [-0.1, -0.05) is 12.2 Å². The maximum atomic E-state index is 11.9. The SMILES string of the molecule is Cc1ncn(CC(=O)N(C)CCC(N)=S)c1C. The summed E-state index contributed by atoms with van der Waals surface area (Å²) in [4.78, 5) is 18.1. The molecular weight excluding hydrogens is 236 g/mol. The minimum absolute atomic E-state index is 0.0294. The highest BCUT2D eigenvalue weighted by Crippen LogP contribution is 2.04. The Morgan fingerprint density at radius 3 is 2.71 bits per heavy atom. The van der Waals surface area contributed by atoms with Crippen LogP contribution in [-0.2, 0) is 11.3 Å². The molecule has 6 heteroatoms. The summed E-state index contributed by atoms with van der Waals surface area (Å²) < 4.78 is 1.84. The van der Waals surface area contributed by atoms with Crippen molar-refractivity contribution in [2.45, 2.75) is 26.8 Å². The van der Waals surface area contributed by atoms with E-state index in [1.807, 2.05) is 18.4 Å². The largest absolute Gasteiger partial charge is 0.393 e. The highest BCUT2D eigenvalue weighted by atomic mass is 32.1. The van der Waals surface area contributed by atoms with Crippen molar-refractivity contribution in [3.8, 4) is 0 Å². The van der Waals surface area contributed by atoms with Gasteiger partial charge in [-0.15, -0.1) is 0 Å². The minimum Gasteiger partial charge on any atom is -0.393 e. The van der Waals surface area contributed by atoms with Gasteiger partial charge in [-0.3, -0.25) is 4.79 Å². The average molecular weight is 254 g/mol. The molecule has 1 heterocycles. The summed E-state index contributed by atoms with van der Waals surface area (Å²) in [5.74, 6) is 0.0294. The number of aromatic nitrogens is 2. The lowest BCUT2D eigenvalue weighted by molar-refractivity contribution is -0.130. The van der Waals surface area contributed by atoms with Crippen molar-refractivity contribution in [3.63, 3.8) is 0 Å². The molecule has 1 aromatic heterocycles. The summed E-state index contributed by atoms with van der Waals surface area (Å²) in [5.41, 5.74) is 7.36. The highest BCUT2D eigenvalue weighted by Gasteiger charge is 2.11. The molecule has 0 aliphatic rings. The Morgan fingerprint density at radius 2 is 2.24 bits per heavy atom. The lowest BCUT2D eigenvalue weighted by Gasteiger charge is -2.17. The number of rotatable bonds is 5. The van der Waals surface area contributed by atoms with Crippen LogP contribution < -0.4 is 5.73 Å². The molecule has 0 aromatic carbocycles. The molecule has 0 bridgehead atoms. The number of hydrogen-bond donors (Lipinski definition) is 1.